The molecule has 10 heteroatoms. The predicted octanol–water partition coefficient (Wildman–Crippen LogP) is 5.13. The molecule has 2 aromatic carbocycles. The Labute approximate surface area is 246 Å². The summed E-state index contributed by atoms with van der Waals surface area (Å²) in [5.74, 6) is -1.03. The minimum Gasteiger partial charge on any atom is -0.480 e. The Bertz CT molecular complexity index is 1370. The van der Waals surface area contributed by atoms with Crippen molar-refractivity contribution >= 4 is 34.7 Å². The van der Waals surface area contributed by atoms with Crippen LogP contribution in [0.1, 0.15) is 68.8 Å². The number of amides is 2. The summed E-state index contributed by atoms with van der Waals surface area (Å²) in [6.07, 6.45) is 1.57. The minimum absolute atomic E-state index is 0.0458. The van der Waals surface area contributed by atoms with Crippen LogP contribution < -0.4 is 15.4 Å². The summed E-state index contributed by atoms with van der Waals surface area (Å²) in [7, 11) is 1.43. The van der Waals surface area contributed by atoms with Crippen LogP contribution in [-0.4, -0.2) is 54.0 Å². The fourth-order valence-corrected chi connectivity index (χ4v) is 4.20. The molecule has 0 aliphatic heterocycles. The lowest BCUT2D eigenvalue weighted by molar-refractivity contribution is -0.155. The van der Waals surface area contributed by atoms with Crippen molar-refractivity contribution in [2.45, 2.75) is 71.1 Å². The number of aromatic nitrogens is 1. The van der Waals surface area contributed by atoms with Crippen LogP contribution in [0.15, 0.2) is 60.7 Å². The van der Waals surface area contributed by atoms with Crippen LogP contribution in [0.25, 0.3) is 10.9 Å². The van der Waals surface area contributed by atoms with Crippen LogP contribution >= 0.6 is 0 Å². The van der Waals surface area contributed by atoms with Gasteiger partial charge >= 0.3 is 12.1 Å². The number of benzene rings is 2. The van der Waals surface area contributed by atoms with Gasteiger partial charge in [-0.1, -0.05) is 61.4 Å². The minimum atomic E-state index is -0.945. The molecule has 3 rings (SSSR count). The standard InChI is InChI=1S/C32H39N3O7/c1-32(2,3)42-28(37)18-10-6-9-17-26(35-31(39)41-21-22-13-7-5-8-14-22)29(38)33-20-27(36)24-19-23-15-11-12-16-25(23)34-30(24)40-4/h5,7-8,11-16,19,26H,6,9-10,17-18,20-21H2,1-4H3,(H,33,38)(H,35,39). The highest BCUT2D eigenvalue weighted by Crippen LogP contribution is 2.22. The van der Waals surface area contributed by atoms with E-state index in [2.05, 4.69) is 15.6 Å². The summed E-state index contributed by atoms with van der Waals surface area (Å²) in [5.41, 5.74) is 1.18. The highest BCUT2D eigenvalue weighted by atomic mass is 16.6. The van der Waals surface area contributed by atoms with Crippen molar-refractivity contribution in [2.75, 3.05) is 13.7 Å². The first-order chi connectivity index (χ1) is 20.1. The van der Waals surface area contributed by atoms with Crippen LogP contribution in [0.3, 0.4) is 0 Å². The number of rotatable bonds is 14. The van der Waals surface area contributed by atoms with Crippen molar-refractivity contribution in [2.24, 2.45) is 0 Å². The Morgan fingerprint density at radius 2 is 1.64 bits per heavy atom. The summed E-state index contributed by atoms with van der Waals surface area (Å²) < 4.78 is 15.9. The van der Waals surface area contributed by atoms with E-state index in [1.54, 1.807) is 6.07 Å². The lowest BCUT2D eigenvalue weighted by Crippen LogP contribution is -2.48. The number of methoxy groups -OCH3 is 1. The Morgan fingerprint density at radius 1 is 0.929 bits per heavy atom. The summed E-state index contributed by atoms with van der Waals surface area (Å²) in [6.45, 7) is 5.17. The lowest BCUT2D eigenvalue weighted by atomic mass is 10.1. The average molecular weight is 578 g/mol. The molecule has 0 bridgehead atoms. The van der Waals surface area contributed by atoms with Crippen molar-refractivity contribution in [3.8, 4) is 5.88 Å². The van der Waals surface area contributed by atoms with Gasteiger partial charge in [-0.15, -0.1) is 0 Å². The van der Waals surface area contributed by atoms with Crippen LogP contribution in [-0.2, 0) is 25.7 Å². The molecular formula is C32H39N3O7. The first kappa shape index (κ1) is 32.0. The third kappa shape index (κ3) is 10.5. The number of Topliss-reactive ketones (excluding diaryl/α,β-unsaturated/α-hetero) is 1. The van der Waals surface area contributed by atoms with Crippen molar-refractivity contribution in [3.05, 3.63) is 71.8 Å². The molecule has 1 aromatic heterocycles. The van der Waals surface area contributed by atoms with E-state index in [-0.39, 0.29) is 49.2 Å². The molecule has 10 nitrogen and oxygen atoms in total. The number of nitrogens with zero attached hydrogens (tertiary/aromatic N) is 1. The van der Waals surface area contributed by atoms with E-state index >= 15 is 0 Å². The zero-order valence-corrected chi connectivity index (χ0v) is 24.6. The highest BCUT2D eigenvalue weighted by molar-refractivity contribution is 6.04. The summed E-state index contributed by atoms with van der Waals surface area (Å²) in [4.78, 5) is 55.1. The average Bonchev–Trinajstić information content (AvgIpc) is 2.96. The largest absolute Gasteiger partial charge is 0.480 e. The summed E-state index contributed by atoms with van der Waals surface area (Å²) >= 11 is 0. The number of carbonyl (C=O) groups excluding carboxylic acids is 4. The molecule has 0 aliphatic carbocycles. The maximum atomic E-state index is 13.1. The number of pyridine rings is 1. The maximum Gasteiger partial charge on any atom is 0.408 e. The monoisotopic (exact) mass is 577 g/mol. The molecule has 0 radical (unpaired) electrons. The molecule has 2 amide bonds. The van der Waals surface area contributed by atoms with E-state index < -0.39 is 23.6 Å². The van der Waals surface area contributed by atoms with Gasteiger partial charge in [-0.05, 0) is 51.3 Å². The fourth-order valence-electron chi connectivity index (χ4n) is 4.20. The number of para-hydroxylation sites is 1. The topological polar surface area (TPSA) is 133 Å². The SMILES string of the molecule is COc1nc2ccccc2cc1C(=O)CNC(=O)C(CCCCCC(=O)OC(C)(C)C)NC(=O)OCc1ccccc1. The van der Waals surface area contributed by atoms with Gasteiger partial charge in [0.05, 0.1) is 24.7 Å². The number of esters is 1. The summed E-state index contributed by atoms with van der Waals surface area (Å²) in [5, 5.41) is 6.01. The van der Waals surface area contributed by atoms with Gasteiger partial charge in [-0.25, -0.2) is 9.78 Å². The normalized spacial score (nSPS) is 11.8. The molecule has 0 spiro atoms. The van der Waals surface area contributed by atoms with Crippen molar-refractivity contribution in [1.29, 1.82) is 0 Å². The molecule has 0 aliphatic rings. The number of hydrogen-bond acceptors (Lipinski definition) is 8. The Balaban J connectivity index is 1.59. The Kier molecular flexibility index (Phi) is 11.8. The molecule has 2 N–H and O–H groups in total. The van der Waals surface area contributed by atoms with E-state index in [0.29, 0.717) is 24.8 Å². The molecule has 0 fully saturated rings. The number of carbonyl (C=O) groups is 4. The quantitative estimate of drug-likeness (QED) is 0.153. The fraction of sp³-hybridized carbons (Fsp3) is 0.406. The number of ketones is 1. The molecule has 3 aromatic rings. The van der Waals surface area contributed by atoms with E-state index in [1.807, 2.05) is 75.4 Å². The number of alkyl carbamates (subject to hydrolysis) is 1. The van der Waals surface area contributed by atoms with Gasteiger partial charge in [0.25, 0.3) is 0 Å². The van der Waals surface area contributed by atoms with Crippen molar-refractivity contribution in [1.82, 2.24) is 15.6 Å². The molecule has 1 unspecified atom stereocenters. The van der Waals surface area contributed by atoms with Gasteiger partial charge in [0.1, 0.15) is 18.2 Å². The van der Waals surface area contributed by atoms with E-state index in [9.17, 15) is 19.2 Å². The third-order valence-corrected chi connectivity index (χ3v) is 6.22. The number of ether oxygens (including phenoxy) is 3. The van der Waals surface area contributed by atoms with Gasteiger partial charge in [0.15, 0.2) is 5.78 Å². The predicted molar refractivity (Wildman–Crippen MR) is 158 cm³/mol. The first-order valence-electron chi connectivity index (χ1n) is 14.0. The zero-order valence-electron chi connectivity index (χ0n) is 24.6. The lowest BCUT2D eigenvalue weighted by Gasteiger charge is -2.20. The Morgan fingerprint density at radius 3 is 2.36 bits per heavy atom. The molecule has 1 atom stereocenters. The van der Waals surface area contributed by atoms with Gasteiger partial charge < -0.3 is 24.8 Å². The van der Waals surface area contributed by atoms with Crippen LogP contribution in [0.2, 0.25) is 0 Å². The highest BCUT2D eigenvalue weighted by Gasteiger charge is 2.23. The number of hydrogen-bond donors (Lipinski definition) is 2. The maximum absolute atomic E-state index is 13.1. The van der Waals surface area contributed by atoms with Gasteiger partial charge in [-0.3, -0.25) is 14.4 Å². The second kappa shape index (κ2) is 15.5. The van der Waals surface area contributed by atoms with Crippen LogP contribution in [0.5, 0.6) is 5.88 Å². The van der Waals surface area contributed by atoms with Gasteiger partial charge in [0.2, 0.25) is 11.8 Å². The zero-order chi connectivity index (χ0) is 30.5. The smallest absolute Gasteiger partial charge is 0.408 e. The van der Waals surface area contributed by atoms with Crippen LogP contribution in [0, 0.1) is 0 Å². The number of unbranched alkanes of at least 4 members (excludes halogenated alkanes) is 2. The summed E-state index contributed by atoms with van der Waals surface area (Å²) in [6, 6.07) is 17.2. The van der Waals surface area contributed by atoms with E-state index in [0.717, 1.165) is 10.9 Å². The second-order valence-electron chi connectivity index (χ2n) is 10.8. The van der Waals surface area contributed by atoms with Crippen LogP contribution in [0.4, 0.5) is 4.79 Å². The second-order valence-corrected chi connectivity index (χ2v) is 10.8. The molecule has 224 valence electrons. The molecular weight excluding hydrogens is 538 g/mol. The third-order valence-electron chi connectivity index (χ3n) is 6.22. The van der Waals surface area contributed by atoms with E-state index in [4.69, 9.17) is 14.2 Å². The molecule has 0 saturated heterocycles. The first-order valence-corrected chi connectivity index (χ1v) is 14.0. The van der Waals surface area contributed by atoms with Crippen molar-refractivity contribution < 1.29 is 33.4 Å². The van der Waals surface area contributed by atoms with E-state index in [1.165, 1.54) is 7.11 Å². The van der Waals surface area contributed by atoms with Crippen molar-refractivity contribution in [3.63, 3.8) is 0 Å². The Hall–Kier alpha value is -4.47. The number of fused-ring (bicyclic) bond motifs is 1. The molecule has 42 heavy (non-hydrogen) atoms. The molecule has 0 saturated carbocycles. The van der Waals surface area contributed by atoms with Gasteiger partial charge in [-0.2, -0.15) is 0 Å². The van der Waals surface area contributed by atoms with Gasteiger partial charge in [0, 0.05) is 11.8 Å². The number of nitrogens with one attached hydrogen (secondary N) is 2. The molecule has 1 heterocycles.